The van der Waals surface area contributed by atoms with Gasteiger partial charge in [0, 0.05) is 6.04 Å². The Labute approximate surface area is 249 Å². The first-order valence-corrected chi connectivity index (χ1v) is 14.4. The van der Waals surface area contributed by atoms with Crippen LogP contribution >= 0.6 is 0 Å². The molecule has 224 valence electrons. The lowest BCUT2D eigenvalue weighted by Gasteiger charge is -2.19. The molecule has 0 aromatic heterocycles. The van der Waals surface area contributed by atoms with Crippen molar-refractivity contribution in [2.24, 2.45) is 0 Å². The fourth-order valence-electron chi connectivity index (χ4n) is 4.91. The Morgan fingerprint density at radius 1 is 0.721 bits per heavy atom. The Hall–Kier alpha value is -4.30. The van der Waals surface area contributed by atoms with Gasteiger partial charge in [0.15, 0.2) is 0 Å². The van der Waals surface area contributed by atoms with E-state index in [0.717, 1.165) is 28.0 Å². The maximum absolute atomic E-state index is 13.0. The molecule has 5 rings (SSSR count). The van der Waals surface area contributed by atoms with Crippen molar-refractivity contribution < 1.29 is 32.2 Å². The monoisotopic (exact) mass is 589 g/mol. The van der Waals surface area contributed by atoms with E-state index in [1.54, 1.807) is 0 Å². The summed E-state index contributed by atoms with van der Waals surface area (Å²) < 4.78 is 56.6. The standard InChI is InChI=1S/C35H34F3NO4/c36-35(37,38)34(40)39-29(16-11-25-12-18-30(19-13-25)41-23-26-7-3-1-4-8-26)17-22-32-33(43-32)28-14-20-31(21-15-28)42-24-27-9-5-2-6-10-27/h1-10,12-15,18-21,29,32-33H,11,16-17,22-24H2,(H,39,40). The van der Waals surface area contributed by atoms with Crippen LogP contribution in [-0.2, 0) is 29.2 Å². The van der Waals surface area contributed by atoms with Gasteiger partial charge in [0.1, 0.15) is 30.8 Å². The van der Waals surface area contributed by atoms with Gasteiger partial charge in [0.05, 0.1) is 6.10 Å². The Balaban J connectivity index is 1.10. The van der Waals surface area contributed by atoms with Gasteiger partial charge in [-0.15, -0.1) is 0 Å². The minimum Gasteiger partial charge on any atom is -0.489 e. The van der Waals surface area contributed by atoms with E-state index >= 15 is 0 Å². The van der Waals surface area contributed by atoms with Crippen LogP contribution in [0.3, 0.4) is 0 Å². The molecule has 4 aromatic rings. The Morgan fingerprint density at radius 3 is 1.79 bits per heavy atom. The second-order valence-electron chi connectivity index (χ2n) is 10.6. The van der Waals surface area contributed by atoms with Crippen molar-refractivity contribution in [1.82, 2.24) is 5.32 Å². The van der Waals surface area contributed by atoms with Crippen molar-refractivity contribution in [1.29, 1.82) is 0 Å². The first-order chi connectivity index (χ1) is 20.8. The molecule has 1 N–H and O–H groups in total. The van der Waals surface area contributed by atoms with E-state index in [1.807, 2.05) is 109 Å². The van der Waals surface area contributed by atoms with Crippen molar-refractivity contribution in [3.05, 3.63) is 131 Å². The number of epoxide rings is 1. The van der Waals surface area contributed by atoms with Gasteiger partial charge in [-0.2, -0.15) is 13.2 Å². The molecule has 3 unspecified atom stereocenters. The molecule has 3 atom stereocenters. The van der Waals surface area contributed by atoms with Crippen LogP contribution in [0.15, 0.2) is 109 Å². The summed E-state index contributed by atoms with van der Waals surface area (Å²) in [4.78, 5) is 11.7. The lowest BCUT2D eigenvalue weighted by molar-refractivity contribution is -0.174. The van der Waals surface area contributed by atoms with E-state index in [0.29, 0.717) is 44.6 Å². The number of ether oxygens (including phenoxy) is 3. The molecule has 1 amide bonds. The number of nitrogens with one attached hydrogen (secondary N) is 1. The average Bonchev–Trinajstić information content (AvgIpc) is 3.81. The topological polar surface area (TPSA) is 60.1 Å². The second kappa shape index (κ2) is 14.2. The minimum atomic E-state index is -4.93. The van der Waals surface area contributed by atoms with Gasteiger partial charge in [-0.1, -0.05) is 84.9 Å². The van der Waals surface area contributed by atoms with Gasteiger partial charge in [0.2, 0.25) is 0 Å². The molecule has 1 saturated heterocycles. The summed E-state index contributed by atoms with van der Waals surface area (Å²) in [6, 6.07) is 34.2. The van der Waals surface area contributed by atoms with Gasteiger partial charge < -0.3 is 19.5 Å². The maximum atomic E-state index is 13.0. The van der Waals surface area contributed by atoms with Gasteiger partial charge in [-0.3, -0.25) is 4.79 Å². The highest BCUT2D eigenvalue weighted by molar-refractivity contribution is 5.81. The summed E-state index contributed by atoms with van der Waals surface area (Å²) in [6.45, 7) is 0.919. The van der Waals surface area contributed by atoms with E-state index in [9.17, 15) is 18.0 Å². The van der Waals surface area contributed by atoms with E-state index in [1.165, 1.54) is 0 Å². The molecule has 1 aliphatic rings. The smallest absolute Gasteiger partial charge is 0.471 e. The van der Waals surface area contributed by atoms with Crippen LogP contribution in [0.4, 0.5) is 13.2 Å². The van der Waals surface area contributed by atoms with E-state index in [4.69, 9.17) is 14.2 Å². The number of hydrogen-bond donors (Lipinski definition) is 1. The van der Waals surface area contributed by atoms with E-state index in [2.05, 4.69) is 5.32 Å². The third kappa shape index (κ3) is 9.35. The lowest BCUT2D eigenvalue weighted by Crippen LogP contribution is -2.43. The second-order valence-corrected chi connectivity index (χ2v) is 10.6. The highest BCUT2D eigenvalue weighted by atomic mass is 19.4. The number of aryl methyl sites for hydroxylation is 1. The zero-order valence-corrected chi connectivity index (χ0v) is 23.6. The van der Waals surface area contributed by atoms with Gasteiger partial charge in [-0.05, 0) is 72.2 Å². The van der Waals surface area contributed by atoms with Crippen LogP contribution in [0.2, 0.25) is 0 Å². The van der Waals surface area contributed by atoms with Crippen molar-refractivity contribution in [2.75, 3.05) is 0 Å². The van der Waals surface area contributed by atoms with Crippen LogP contribution in [0.1, 0.15) is 47.6 Å². The zero-order chi connectivity index (χ0) is 30.1. The van der Waals surface area contributed by atoms with Crippen molar-refractivity contribution in [3.8, 4) is 11.5 Å². The number of rotatable bonds is 14. The predicted molar refractivity (Wildman–Crippen MR) is 158 cm³/mol. The van der Waals surface area contributed by atoms with Crippen LogP contribution < -0.4 is 14.8 Å². The molecule has 8 heteroatoms. The highest BCUT2D eigenvalue weighted by Gasteiger charge is 2.42. The van der Waals surface area contributed by atoms with Crippen LogP contribution in [0, 0.1) is 0 Å². The fraction of sp³-hybridized carbons (Fsp3) is 0.286. The Morgan fingerprint density at radius 2 is 1.26 bits per heavy atom. The normalized spacial score (nSPS) is 16.7. The first kappa shape index (κ1) is 30.2. The molecule has 4 aromatic carbocycles. The molecule has 43 heavy (non-hydrogen) atoms. The summed E-state index contributed by atoms with van der Waals surface area (Å²) in [5, 5.41) is 2.19. The molecule has 1 fully saturated rings. The summed E-state index contributed by atoms with van der Waals surface area (Å²) in [5.74, 6) is -0.459. The van der Waals surface area contributed by atoms with Gasteiger partial charge in [0.25, 0.3) is 0 Å². The third-order valence-electron chi connectivity index (χ3n) is 7.38. The number of amides is 1. The van der Waals surface area contributed by atoms with Gasteiger partial charge in [-0.25, -0.2) is 0 Å². The first-order valence-electron chi connectivity index (χ1n) is 14.4. The van der Waals surface area contributed by atoms with Crippen LogP contribution in [-0.4, -0.2) is 24.2 Å². The molecule has 5 nitrogen and oxygen atoms in total. The van der Waals surface area contributed by atoms with Crippen LogP contribution in [0.25, 0.3) is 0 Å². The Bertz CT molecular complexity index is 1430. The fourth-order valence-corrected chi connectivity index (χ4v) is 4.91. The number of halogens is 3. The van der Waals surface area contributed by atoms with Crippen molar-refractivity contribution in [2.45, 2.75) is 63.3 Å². The van der Waals surface area contributed by atoms with E-state index in [-0.39, 0.29) is 12.2 Å². The number of hydrogen-bond acceptors (Lipinski definition) is 4. The zero-order valence-electron chi connectivity index (χ0n) is 23.6. The molecular formula is C35H34F3NO4. The van der Waals surface area contributed by atoms with Crippen molar-refractivity contribution in [3.63, 3.8) is 0 Å². The molecule has 0 saturated carbocycles. The number of carbonyl (C=O) groups excluding carboxylic acids is 1. The van der Waals surface area contributed by atoms with Gasteiger partial charge >= 0.3 is 12.1 Å². The predicted octanol–water partition coefficient (Wildman–Crippen LogP) is 7.74. The molecule has 0 aliphatic carbocycles. The SMILES string of the molecule is O=C(NC(CCc1ccc(OCc2ccccc2)cc1)CCC1OC1c1ccc(OCc2ccccc2)cc1)C(F)(F)F. The summed E-state index contributed by atoms with van der Waals surface area (Å²) >= 11 is 0. The average molecular weight is 590 g/mol. The van der Waals surface area contributed by atoms with E-state index < -0.39 is 18.1 Å². The number of alkyl halides is 3. The lowest BCUT2D eigenvalue weighted by atomic mass is 9.99. The Kier molecular flexibility index (Phi) is 10.00. The molecular weight excluding hydrogens is 555 g/mol. The summed E-state index contributed by atoms with van der Waals surface area (Å²) in [5.41, 5.74) is 4.08. The molecule has 1 heterocycles. The van der Waals surface area contributed by atoms with Crippen molar-refractivity contribution >= 4 is 5.91 Å². The quantitative estimate of drug-likeness (QED) is 0.153. The molecule has 0 bridgehead atoms. The molecule has 0 radical (unpaired) electrons. The number of carbonyl (C=O) groups is 1. The third-order valence-corrected chi connectivity index (χ3v) is 7.38. The minimum absolute atomic E-state index is 0.109. The summed E-state index contributed by atoms with van der Waals surface area (Å²) in [6.07, 6.45) is -3.37. The summed E-state index contributed by atoms with van der Waals surface area (Å²) in [7, 11) is 0. The maximum Gasteiger partial charge on any atom is 0.471 e. The largest absolute Gasteiger partial charge is 0.489 e. The molecule has 1 aliphatic heterocycles. The molecule has 0 spiro atoms. The van der Waals surface area contributed by atoms with Crippen LogP contribution in [0.5, 0.6) is 11.5 Å². The highest BCUT2D eigenvalue weighted by Crippen LogP contribution is 2.42. The number of benzene rings is 4.